The van der Waals surface area contributed by atoms with Gasteiger partial charge in [-0.3, -0.25) is 19.4 Å². The molecule has 2 aromatic carbocycles. The Labute approximate surface area is 169 Å². The first-order chi connectivity index (χ1) is 14.1. The molecule has 2 aromatic rings. The molecule has 1 N–H and O–H groups in total. The maximum Gasteiger partial charge on any atom is 0.345 e. The highest BCUT2D eigenvalue weighted by Crippen LogP contribution is 2.31. The van der Waals surface area contributed by atoms with Crippen molar-refractivity contribution in [3.8, 4) is 0 Å². The summed E-state index contributed by atoms with van der Waals surface area (Å²) < 4.78 is 0. The second-order valence-corrected chi connectivity index (χ2v) is 7.21. The largest absolute Gasteiger partial charge is 0.345 e. The van der Waals surface area contributed by atoms with E-state index >= 15 is 0 Å². The van der Waals surface area contributed by atoms with Crippen LogP contribution in [-0.2, 0) is 4.79 Å². The fourth-order valence-corrected chi connectivity index (χ4v) is 3.65. The van der Waals surface area contributed by atoms with Crippen LogP contribution < -0.4 is 10.2 Å². The van der Waals surface area contributed by atoms with Crippen molar-refractivity contribution in [2.75, 3.05) is 30.0 Å². The van der Waals surface area contributed by atoms with Gasteiger partial charge in [-0.05, 0) is 49.7 Å². The highest BCUT2D eigenvalue weighted by molar-refractivity contribution is 6.52. The SMILES string of the molecule is O=C(/N=C/c1ccccc1)Nc1ccc2c(c1)C(=O)C(=O)N2CN1CCCCC1. The van der Waals surface area contributed by atoms with Crippen molar-refractivity contribution in [2.45, 2.75) is 19.3 Å². The maximum atomic E-state index is 12.5. The van der Waals surface area contributed by atoms with Crippen LogP contribution in [0, 0.1) is 0 Å². The molecule has 0 bridgehead atoms. The summed E-state index contributed by atoms with van der Waals surface area (Å²) in [6.07, 6.45) is 4.89. The monoisotopic (exact) mass is 390 g/mol. The highest BCUT2D eigenvalue weighted by Gasteiger charge is 2.37. The Morgan fingerprint density at radius 3 is 2.55 bits per heavy atom. The van der Waals surface area contributed by atoms with Gasteiger partial charge in [0.15, 0.2) is 0 Å². The average Bonchev–Trinajstić information content (AvgIpc) is 2.98. The molecule has 1 saturated heterocycles. The van der Waals surface area contributed by atoms with Crippen molar-refractivity contribution in [3.63, 3.8) is 0 Å². The maximum absolute atomic E-state index is 12.5. The second kappa shape index (κ2) is 8.36. The third kappa shape index (κ3) is 4.25. The summed E-state index contributed by atoms with van der Waals surface area (Å²) >= 11 is 0. The number of piperidine rings is 1. The normalized spacial score (nSPS) is 17.0. The zero-order chi connectivity index (χ0) is 20.2. The molecular weight excluding hydrogens is 368 g/mol. The zero-order valence-electron chi connectivity index (χ0n) is 16.0. The molecule has 0 aliphatic carbocycles. The van der Waals surface area contributed by atoms with Gasteiger partial charge in [-0.25, -0.2) is 9.79 Å². The molecule has 2 aliphatic rings. The molecule has 0 spiro atoms. The number of Topliss-reactive ketones (excluding diaryl/α,β-unsaturated/α-hetero) is 1. The number of aliphatic imine (C=N–C) groups is 1. The summed E-state index contributed by atoms with van der Waals surface area (Å²) in [4.78, 5) is 44.6. The minimum absolute atomic E-state index is 0.317. The number of ketones is 1. The van der Waals surface area contributed by atoms with Crippen molar-refractivity contribution >= 4 is 35.3 Å². The number of hydrogen-bond donors (Lipinski definition) is 1. The third-order valence-corrected chi connectivity index (χ3v) is 5.14. The quantitative estimate of drug-likeness (QED) is 0.641. The van der Waals surface area contributed by atoms with E-state index in [1.807, 2.05) is 30.3 Å². The lowest BCUT2D eigenvalue weighted by atomic mass is 10.1. The fraction of sp³-hybridized carbons (Fsp3) is 0.273. The van der Waals surface area contributed by atoms with Crippen LogP contribution in [0.4, 0.5) is 16.2 Å². The molecule has 0 unspecified atom stereocenters. The van der Waals surface area contributed by atoms with Crippen molar-refractivity contribution in [2.24, 2.45) is 4.99 Å². The molecule has 0 aromatic heterocycles. The number of amides is 3. The van der Waals surface area contributed by atoms with Gasteiger partial charge in [-0.2, -0.15) is 0 Å². The Bertz CT molecular complexity index is 965. The molecular formula is C22H22N4O3. The summed E-state index contributed by atoms with van der Waals surface area (Å²) in [7, 11) is 0. The molecule has 1 fully saturated rings. The van der Waals surface area contributed by atoms with Gasteiger partial charge in [0.2, 0.25) is 0 Å². The first-order valence-corrected chi connectivity index (χ1v) is 9.74. The number of rotatable bonds is 4. The van der Waals surface area contributed by atoms with Gasteiger partial charge in [0.1, 0.15) is 0 Å². The van der Waals surface area contributed by atoms with Crippen molar-refractivity contribution in [1.29, 1.82) is 0 Å². The summed E-state index contributed by atoms with van der Waals surface area (Å²) in [5.41, 5.74) is 2.15. The van der Waals surface area contributed by atoms with E-state index in [2.05, 4.69) is 15.2 Å². The van der Waals surface area contributed by atoms with Crippen LogP contribution in [0.1, 0.15) is 35.2 Å². The van der Waals surface area contributed by atoms with E-state index in [0.717, 1.165) is 31.5 Å². The Balaban J connectivity index is 1.46. The van der Waals surface area contributed by atoms with Gasteiger partial charge >= 0.3 is 11.9 Å². The molecule has 7 nitrogen and oxygen atoms in total. The Kier molecular flexibility index (Phi) is 5.48. The molecule has 2 aliphatic heterocycles. The first kappa shape index (κ1) is 19.0. The fourth-order valence-electron chi connectivity index (χ4n) is 3.65. The van der Waals surface area contributed by atoms with Gasteiger partial charge < -0.3 is 5.32 Å². The van der Waals surface area contributed by atoms with E-state index in [-0.39, 0.29) is 0 Å². The lowest BCUT2D eigenvalue weighted by Gasteiger charge is -2.30. The summed E-state index contributed by atoms with van der Waals surface area (Å²) in [5.74, 6) is -1.06. The van der Waals surface area contributed by atoms with Crippen LogP contribution in [0.2, 0.25) is 0 Å². The number of fused-ring (bicyclic) bond motifs is 1. The van der Waals surface area contributed by atoms with E-state index in [4.69, 9.17) is 0 Å². The number of benzene rings is 2. The number of likely N-dealkylation sites (tertiary alicyclic amines) is 1. The first-order valence-electron chi connectivity index (χ1n) is 9.74. The Hall–Kier alpha value is -3.32. The van der Waals surface area contributed by atoms with Gasteiger partial charge in [-0.1, -0.05) is 36.8 Å². The lowest BCUT2D eigenvalue weighted by molar-refractivity contribution is -0.114. The molecule has 0 radical (unpaired) electrons. The lowest BCUT2D eigenvalue weighted by Crippen LogP contribution is -2.43. The number of carbonyl (C=O) groups excluding carboxylic acids is 3. The average molecular weight is 390 g/mol. The van der Waals surface area contributed by atoms with Crippen LogP contribution >= 0.6 is 0 Å². The summed E-state index contributed by atoms with van der Waals surface area (Å²) in [6, 6.07) is 13.7. The number of urea groups is 1. The summed E-state index contributed by atoms with van der Waals surface area (Å²) in [6.45, 7) is 2.28. The van der Waals surface area contributed by atoms with Crippen molar-refractivity contribution in [3.05, 3.63) is 59.7 Å². The molecule has 7 heteroatoms. The van der Waals surface area contributed by atoms with Gasteiger partial charge in [0, 0.05) is 11.9 Å². The second-order valence-electron chi connectivity index (χ2n) is 7.21. The molecule has 4 rings (SSSR count). The number of nitrogens with one attached hydrogen (secondary N) is 1. The van der Waals surface area contributed by atoms with E-state index in [1.54, 1.807) is 18.2 Å². The zero-order valence-corrected chi connectivity index (χ0v) is 16.0. The Morgan fingerprint density at radius 2 is 1.79 bits per heavy atom. The predicted octanol–water partition coefficient (Wildman–Crippen LogP) is 3.31. The molecule has 2 heterocycles. The van der Waals surface area contributed by atoms with Crippen LogP contribution in [0.5, 0.6) is 0 Å². The molecule has 29 heavy (non-hydrogen) atoms. The molecule has 0 atom stereocenters. The van der Waals surface area contributed by atoms with Crippen LogP contribution in [0.15, 0.2) is 53.5 Å². The molecule has 148 valence electrons. The topological polar surface area (TPSA) is 82.1 Å². The van der Waals surface area contributed by atoms with Crippen molar-refractivity contribution < 1.29 is 14.4 Å². The molecule has 0 saturated carbocycles. The van der Waals surface area contributed by atoms with Gasteiger partial charge in [0.05, 0.1) is 17.9 Å². The van der Waals surface area contributed by atoms with E-state index in [0.29, 0.717) is 23.6 Å². The van der Waals surface area contributed by atoms with E-state index in [9.17, 15) is 14.4 Å². The number of nitrogens with zero attached hydrogens (tertiary/aromatic N) is 3. The van der Waals surface area contributed by atoms with E-state index in [1.165, 1.54) is 17.5 Å². The van der Waals surface area contributed by atoms with E-state index < -0.39 is 17.7 Å². The van der Waals surface area contributed by atoms with Crippen LogP contribution in [-0.4, -0.2) is 48.6 Å². The number of anilines is 2. The Morgan fingerprint density at radius 1 is 1.03 bits per heavy atom. The standard InChI is InChI=1S/C22H22N4O3/c27-20-18-13-17(24-22(29)23-14-16-7-3-1-4-8-16)9-10-19(18)26(21(20)28)15-25-11-5-2-6-12-25/h1,3-4,7-10,13-14H,2,5-6,11-12,15H2,(H,24,29)/b23-14+. The highest BCUT2D eigenvalue weighted by atomic mass is 16.2. The smallest absolute Gasteiger partial charge is 0.306 e. The number of hydrogen-bond acceptors (Lipinski definition) is 4. The van der Waals surface area contributed by atoms with Gasteiger partial charge in [0.25, 0.3) is 5.78 Å². The molecule has 3 amide bonds. The third-order valence-electron chi connectivity index (χ3n) is 5.14. The predicted molar refractivity (Wildman–Crippen MR) is 112 cm³/mol. The summed E-state index contributed by atoms with van der Waals surface area (Å²) in [5, 5.41) is 2.64. The van der Waals surface area contributed by atoms with Crippen LogP contribution in [0.25, 0.3) is 0 Å². The van der Waals surface area contributed by atoms with Crippen molar-refractivity contribution in [1.82, 2.24) is 4.90 Å². The van der Waals surface area contributed by atoms with Gasteiger partial charge in [-0.15, -0.1) is 0 Å². The minimum atomic E-state index is -0.546. The van der Waals surface area contributed by atoms with Crippen LogP contribution in [0.3, 0.4) is 0 Å². The minimum Gasteiger partial charge on any atom is -0.306 e. The number of carbonyl (C=O) groups is 3.